The summed E-state index contributed by atoms with van der Waals surface area (Å²) in [7, 11) is 0. The van der Waals surface area contributed by atoms with Crippen molar-refractivity contribution < 1.29 is 4.74 Å². The van der Waals surface area contributed by atoms with Crippen molar-refractivity contribution in [2.45, 2.75) is 20.5 Å². The van der Waals surface area contributed by atoms with Gasteiger partial charge in [0, 0.05) is 5.02 Å². The van der Waals surface area contributed by atoms with Crippen LogP contribution in [0.15, 0.2) is 42.5 Å². The molecule has 106 valence electrons. The lowest BCUT2D eigenvalue weighted by atomic mass is 10.2. The highest BCUT2D eigenvalue weighted by Crippen LogP contribution is 2.22. The van der Waals surface area contributed by atoms with E-state index in [-0.39, 0.29) is 0 Å². The van der Waals surface area contributed by atoms with E-state index in [1.54, 1.807) is 0 Å². The molecule has 21 heavy (non-hydrogen) atoms. The molecule has 3 nitrogen and oxygen atoms in total. The van der Waals surface area contributed by atoms with Crippen LogP contribution in [0.5, 0.6) is 5.75 Å². The SMILES string of the molecule is Cc1cc(OCc2nc3ccccc3nc2C)ccc1Cl. The lowest BCUT2D eigenvalue weighted by Gasteiger charge is -2.10. The standard InChI is InChI=1S/C17H15ClN2O/c1-11-9-13(7-8-14(11)18)21-10-17-12(2)19-15-5-3-4-6-16(15)20-17/h3-9H,10H2,1-2H3. The molecule has 0 unspecified atom stereocenters. The van der Waals surface area contributed by atoms with Crippen molar-refractivity contribution in [3.63, 3.8) is 0 Å². The van der Waals surface area contributed by atoms with Crippen LogP contribution in [0.25, 0.3) is 11.0 Å². The van der Waals surface area contributed by atoms with E-state index in [1.165, 1.54) is 0 Å². The van der Waals surface area contributed by atoms with Gasteiger partial charge in [0.15, 0.2) is 0 Å². The van der Waals surface area contributed by atoms with E-state index in [4.69, 9.17) is 16.3 Å². The summed E-state index contributed by atoms with van der Waals surface area (Å²) >= 11 is 6.01. The van der Waals surface area contributed by atoms with Gasteiger partial charge in [0.1, 0.15) is 12.4 Å². The molecule has 0 amide bonds. The van der Waals surface area contributed by atoms with Gasteiger partial charge in [-0.05, 0) is 49.7 Å². The molecule has 0 bridgehead atoms. The summed E-state index contributed by atoms with van der Waals surface area (Å²) in [4.78, 5) is 9.17. The third-order valence-corrected chi connectivity index (χ3v) is 3.77. The van der Waals surface area contributed by atoms with Gasteiger partial charge in [-0.1, -0.05) is 23.7 Å². The Bertz CT molecular complexity index is 802. The maximum absolute atomic E-state index is 6.01. The molecule has 2 aromatic carbocycles. The average molecular weight is 299 g/mol. The van der Waals surface area contributed by atoms with Crippen molar-refractivity contribution in [1.82, 2.24) is 9.97 Å². The van der Waals surface area contributed by atoms with Crippen LogP contribution in [0.1, 0.15) is 17.0 Å². The number of aryl methyl sites for hydroxylation is 2. The molecule has 3 aromatic rings. The molecule has 0 spiro atoms. The summed E-state index contributed by atoms with van der Waals surface area (Å²) < 4.78 is 5.80. The second-order valence-electron chi connectivity index (χ2n) is 4.94. The van der Waals surface area contributed by atoms with Gasteiger partial charge < -0.3 is 4.74 Å². The number of ether oxygens (including phenoxy) is 1. The number of nitrogens with zero attached hydrogens (tertiary/aromatic N) is 2. The van der Waals surface area contributed by atoms with E-state index in [0.717, 1.165) is 38.8 Å². The third kappa shape index (κ3) is 2.98. The first-order chi connectivity index (χ1) is 10.1. The smallest absolute Gasteiger partial charge is 0.132 e. The molecule has 0 aliphatic heterocycles. The van der Waals surface area contributed by atoms with Crippen molar-refractivity contribution in [2.24, 2.45) is 0 Å². The predicted octanol–water partition coefficient (Wildman–Crippen LogP) is 4.48. The number of para-hydroxylation sites is 2. The van der Waals surface area contributed by atoms with Crippen LogP contribution in [0, 0.1) is 13.8 Å². The van der Waals surface area contributed by atoms with Crippen molar-refractivity contribution in [3.8, 4) is 5.75 Å². The number of rotatable bonds is 3. The summed E-state index contributed by atoms with van der Waals surface area (Å²) in [6.07, 6.45) is 0. The highest BCUT2D eigenvalue weighted by molar-refractivity contribution is 6.31. The molecule has 1 aromatic heterocycles. The highest BCUT2D eigenvalue weighted by Gasteiger charge is 2.06. The molecule has 1 heterocycles. The fourth-order valence-electron chi connectivity index (χ4n) is 2.12. The zero-order valence-electron chi connectivity index (χ0n) is 11.9. The number of halogens is 1. The maximum Gasteiger partial charge on any atom is 0.132 e. The molecule has 3 rings (SSSR count). The van der Waals surface area contributed by atoms with E-state index in [0.29, 0.717) is 6.61 Å². The zero-order valence-corrected chi connectivity index (χ0v) is 12.7. The van der Waals surface area contributed by atoms with E-state index in [1.807, 2.05) is 56.3 Å². The number of fused-ring (bicyclic) bond motifs is 1. The Kier molecular flexibility index (Phi) is 3.76. The first-order valence-electron chi connectivity index (χ1n) is 6.75. The summed E-state index contributed by atoms with van der Waals surface area (Å²) in [5, 5.41) is 0.740. The van der Waals surface area contributed by atoms with Crippen LogP contribution in [0.4, 0.5) is 0 Å². The van der Waals surface area contributed by atoms with Crippen molar-refractivity contribution in [3.05, 3.63) is 64.4 Å². The number of aromatic nitrogens is 2. The van der Waals surface area contributed by atoms with Crippen molar-refractivity contribution >= 4 is 22.6 Å². The van der Waals surface area contributed by atoms with Gasteiger partial charge in [-0.25, -0.2) is 9.97 Å². The van der Waals surface area contributed by atoms with Crippen LogP contribution < -0.4 is 4.74 Å². The summed E-state index contributed by atoms with van der Waals surface area (Å²) in [5.41, 5.74) is 4.52. The van der Waals surface area contributed by atoms with Gasteiger partial charge in [0.2, 0.25) is 0 Å². The van der Waals surface area contributed by atoms with Crippen LogP contribution >= 0.6 is 11.6 Å². The second-order valence-corrected chi connectivity index (χ2v) is 5.35. The molecular formula is C17H15ClN2O. The van der Waals surface area contributed by atoms with Gasteiger partial charge in [0.25, 0.3) is 0 Å². The van der Waals surface area contributed by atoms with E-state index in [9.17, 15) is 0 Å². The van der Waals surface area contributed by atoms with Crippen molar-refractivity contribution in [2.75, 3.05) is 0 Å². The molecular weight excluding hydrogens is 284 g/mol. The number of benzene rings is 2. The van der Waals surface area contributed by atoms with Gasteiger partial charge >= 0.3 is 0 Å². The lowest BCUT2D eigenvalue weighted by molar-refractivity contribution is 0.300. The Labute approximate surface area is 128 Å². The minimum absolute atomic E-state index is 0.394. The Morgan fingerprint density at radius 1 is 1.00 bits per heavy atom. The minimum Gasteiger partial charge on any atom is -0.487 e. The molecule has 0 aliphatic rings. The molecule has 4 heteroatoms. The molecule has 0 saturated heterocycles. The molecule has 0 fully saturated rings. The Hall–Kier alpha value is -2.13. The largest absolute Gasteiger partial charge is 0.487 e. The Balaban J connectivity index is 1.84. The van der Waals surface area contributed by atoms with E-state index >= 15 is 0 Å². The van der Waals surface area contributed by atoms with Gasteiger partial charge in [-0.15, -0.1) is 0 Å². The van der Waals surface area contributed by atoms with Gasteiger partial charge in [-0.3, -0.25) is 0 Å². The van der Waals surface area contributed by atoms with E-state index in [2.05, 4.69) is 9.97 Å². The quantitative estimate of drug-likeness (QED) is 0.715. The topological polar surface area (TPSA) is 35.0 Å². The Morgan fingerprint density at radius 2 is 1.71 bits per heavy atom. The first-order valence-corrected chi connectivity index (χ1v) is 7.12. The van der Waals surface area contributed by atoms with Crippen molar-refractivity contribution in [1.29, 1.82) is 0 Å². The highest BCUT2D eigenvalue weighted by atomic mass is 35.5. The summed E-state index contributed by atoms with van der Waals surface area (Å²) in [6, 6.07) is 13.5. The zero-order chi connectivity index (χ0) is 14.8. The van der Waals surface area contributed by atoms with Crippen LogP contribution in [-0.4, -0.2) is 9.97 Å². The second kappa shape index (κ2) is 5.70. The normalized spacial score (nSPS) is 10.8. The van der Waals surface area contributed by atoms with Crippen LogP contribution in [0.3, 0.4) is 0 Å². The first kappa shape index (κ1) is 13.8. The fourth-order valence-corrected chi connectivity index (χ4v) is 2.24. The monoisotopic (exact) mass is 298 g/mol. The molecule has 0 aliphatic carbocycles. The predicted molar refractivity (Wildman–Crippen MR) is 84.8 cm³/mol. The Morgan fingerprint density at radius 3 is 2.43 bits per heavy atom. The van der Waals surface area contributed by atoms with Crippen LogP contribution in [-0.2, 0) is 6.61 Å². The molecule has 0 radical (unpaired) electrons. The fraction of sp³-hybridized carbons (Fsp3) is 0.176. The van der Waals surface area contributed by atoms with Crippen LogP contribution in [0.2, 0.25) is 5.02 Å². The average Bonchev–Trinajstić information content (AvgIpc) is 2.48. The van der Waals surface area contributed by atoms with Gasteiger partial charge in [0.05, 0.1) is 22.4 Å². The van der Waals surface area contributed by atoms with E-state index < -0.39 is 0 Å². The summed E-state index contributed by atoms with van der Waals surface area (Å²) in [6.45, 7) is 4.30. The molecule has 0 N–H and O–H groups in total. The summed E-state index contributed by atoms with van der Waals surface area (Å²) in [5.74, 6) is 0.784. The minimum atomic E-state index is 0.394. The third-order valence-electron chi connectivity index (χ3n) is 3.35. The maximum atomic E-state index is 6.01. The number of hydrogen-bond acceptors (Lipinski definition) is 3. The number of hydrogen-bond donors (Lipinski definition) is 0. The lowest BCUT2D eigenvalue weighted by Crippen LogP contribution is -2.03. The molecule has 0 atom stereocenters. The molecule has 0 saturated carbocycles. The van der Waals surface area contributed by atoms with Gasteiger partial charge in [-0.2, -0.15) is 0 Å².